The molecule has 3 fully saturated rings. The largest absolute Gasteiger partial charge is 0.469 e. The van der Waals surface area contributed by atoms with E-state index in [2.05, 4.69) is 13.8 Å². The van der Waals surface area contributed by atoms with Crippen LogP contribution in [0, 0.1) is 34.5 Å². The summed E-state index contributed by atoms with van der Waals surface area (Å²) < 4.78 is 4.76. The summed E-state index contributed by atoms with van der Waals surface area (Å²) in [7, 11) is 1.43. The van der Waals surface area contributed by atoms with Crippen LogP contribution in [0.4, 0.5) is 0 Å². The molecule has 0 amide bonds. The van der Waals surface area contributed by atoms with E-state index in [4.69, 9.17) is 4.74 Å². The van der Waals surface area contributed by atoms with Crippen LogP contribution in [0.2, 0.25) is 0 Å². The van der Waals surface area contributed by atoms with E-state index < -0.39 is 0 Å². The second-order valence-corrected chi connectivity index (χ2v) is 11.3. The number of esters is 1. The highest BCUT2D eigenvalue weighted by Crippen LogP contribution is 2.65. The second-order valence-electron chi connectivity index (χ2n) is 10.1. The molecule has 0 bridgehead atoms. The third-order valence-electron chi connectivity index (χ3n) is 8.82. The van der Waals surface area contributed by atoms with E-state index in [1.54, 1.807) is 11.8 Å². The van der Waals surface area contributed by atoms with Crippen LogP contribution in [0.3, 0.4) is 0 Å². The summed E-state index contributed by atoms with van der Waals surface area (Å²) in [6, 6.07) is 0. The molecule has 4 aliphatic carbocycles. The maximum absolute atomic E-state index is 12.7. The fourth-order valence-corrected chi connectivity index (χ4v) is 8.27. The Bertz CT molecular complexity index is 743. The molecule has 0 aliphatic heterocycles. The molecule has 0 aromatic carbocycles. The summed E-state index contributed by atoms with van der Waals surface area (Å²) in [6.45, 7) is 4.62. The molecule has 0 saturated heterocycles. The Morgan fingerprint density at radius 3 is 2.66 bits per heavy atom. The zero-order valence-electron chi connectivity index (χ0n) is 18.0. The Morgan fingerprint density at radius 2 is 1.90 bits per heavy atom. The van der Waals surface area contributed by atoms with Crippen LogP contribution < -0.4 is 0 Å². The molecule has 6 atom stereocenters. The highest BCUT2D eigenvalue weighted by atomic mass is 32.2. The van der Waals surface area contributed by atoms with Crippen LogP contribution >= 0.6 is 11.8 Å². The number of carbonyl (C=O) groups is 3. The molecule has 0 aromatic heterocycles. The lowest BCUT2D eigenvalue weighted by atomic mass is 9.46. The van der Waals surface area contributed by atoms with Crippen molar-refractivity contribution in [2.45, 2.75) is 65.2 Å². The summed E-state index contributed by atoms with van der Waals surface area (Å²) in [5.74, 6) is 4.38. The summed E-state index contributed by atoms with van der Waals surface area (Å²) in [5, 5.41) is 0. The van der Waals surface area contributed by atoms with E-state index in [-0.39, 0.29) is 22.6 Å². The average Bonchev–Trinajstić information content (AvgIpc) is 3.01. The van der Waals surface area contributed by atoms with Crippen LogP contribution in [-0.2, 0) is 19.1 Å². The summed E-state index contributed by atoms with van der Waals surface area (Å²) in [5.41, 5.74) is 1.34. The number of methoxy groups -OCH3 is 1. The lowest BCUT2D eigenvalue weighted by molar-refractivity contribution is -0.140. The smallest absolute Gasteiger partial charge is 0.306 e. The second kappa shape index (κ2) is 7.86. The Labute approximate surface area is 178 Å². The van der Waals surface area contributed by atoms with E-state index in [9.17, 15) is 14.4 Å². The van der Waals surface area contributed by atoms with Gasteiger partial charge in [0.25, 0.3) is 0 Å². The molecule has 5 heteroatoms. The zero-order valence-corrected chi connectivity index (χ0v) is 18.8. The number of Topliss-reactive ketones (excluding diaryl/α,β-unsaturated/α-hetero) is 1. The van der Waals surface area contributed by atoms with Gasteiger partial charge in [0, 0.05) is 24.0 Å². The average molecular weight is 419 g/mol. The molecule has 4 rings (SSSR count). The first-order valence-electron chi connectivity index (χ1n) is 11.2. The number of thioether (sulfide) groups is 1. The maximum Gasteiger partial charge on any atom is 0.306 e. The predicted molar refractivity (Wildman–Crippen MR) is 115 cm³/mol. The molecule has 0 heterocycles. The van der Waals surface area contributed by atoms with Crippen LogP contribution in [-0.4, -0.2) is 36.2 Å². The van der Waals surface area contributed by atoms with Gasteiger partial charge in [-0.25, -0.2) is 0 Å². The number of ketones is 2. The highest BCUT2D eigenvalue weighted by molar-refractivity contribution is 7.99. The Kier molecular flexibility index (Phi) is 5.73. The molecule has 0 N–H and O–H groups in total. The standard InChI is InChI=1S/C24H34O4S/c1-23-9-6-16(25)13-20(23)15(14-29-11-8-22(27)28-3)12-17-18-4-5-21(26)24(18,2)10-7-19(17)23/h13,15,17-19H,4-12,14H2,1-3H3/t15?,17?,18?,19?,23-,24+/m1/s1. The van der Waals surface area contributed by atoms with Crippen molar-refractivity contribution in [2.24, 2.45) is 34.5 Å². The molecule has 160 valence electrons. The fraction of sp³-hybridized carbons (Fsp3) is 0.792. The van der Waals surface area contributed by atoms with E-state index in [1.165, 1.54) is 12.7 Å². The lowest BCUT2D eigenvalue weighted by Gasteiger charge is -2.59. The van der Waals surface area contributed by atoms with Gasteiger partial charge in [-0.1, -0.05) is 19.4 Å². The van der Waals surface area contributed by atoms with Gasteiger partial charge in [0.2, 0.25) is 0 Å². The van der Waals surface area contributed by atoms with Gasteiger partial charge in [-0.3, -0.25) is 14.4 Å². The van der Waals surface area contributed by atoms with Crippen molar-refractivity contribution in [2.75, 3.05) is 18.6 Å². The van der Waals surface area contributed by atoms with Gasteiger partial charge in [-0.15, -0.1) is 0 Å². The minimum absolute atomic E-state index is 0.0946. The van der Waals surface area contributed by atoms with Crippen molar-refractivity contribution < 1.29 is 19.1 Å². The summed E-state index contributed by atoms with van der Waals surface area (Å²) in [6.07, 6.45) is 9.06. The van der Waals surface area contributed by atoms with Gasteiger partial charge in [0.15, 0.2) is 5.78 Å². The molecule has 4 nitrogen and oxygen atoms in total. The van der Waals surface area contributed by atoms with Gasteiger partial charge in [-0.2, -0.15) is 11.8 Å². The Morgan fingerprint density at radius 1 is 1.14 bits per heavy atom. The topological polar surface area (TPSA) is 60.4 Å². The molecule has 0 radical (unpaired) electrons. The fourth-order valence-electron chi connectivity index (χ4n) is 7.20. The Balaban J connectivity index is 1.57. The summed E-state index contributed by atoms with van der Waals surface area (Å²) in [4.78, 5) is 36.4. The molecular formula is C24H34O4S. The van der Waals surface area contributed by atoms with Crippen LogP contribution in [0.1, 0.15) is 65.2 Å². The SMILES string of the molecule is COC(=O)CCSCC1CC2C(CC[C@]3(C)C(=O)CCC23)[C@@]2(C)CCC(=O)C=C12. The van der Waals surface area contributed by atoms with Crippen molar-refractivity contribution in [3.63, 3.8) is 0 Å². The van der Waals surface area contributed by atoms with Crippen molar-refractivity contribution in [3.8, 4) is 0 Å². The molecular weight excluding hydrogens is 384 g/mol. The number of fused-ring (bicyclic) bond motifs is 5. The zero-order chi connectivity index (χ0) is 20.8. The molecule has 3 saturated carbocycles. The monoisotopic (exact) mass is 418 g/mol. The van der Waals surface area contributed by atoms with Gasteiger partial charge < -0.3 is 4.74 Å². The molecule has 0 spiro atoms. The van der Waals surface area contributed by atoms with E-state index >= 15 is 0 Å². The lowest BCUT2D eigenvalue weighted by Crippen LogP contribution is -2.53. The van der Waals surface area contributed by atoms with E-state index in [0.29, 0.717) is 42.3 Å². The molecule has 0 aromatic rings. The maximum atomic E-state index is 12.7. The first-order valence-corrected chi connectivity index (χ1v) is 12.4. The third kappa shape index (κ3) is 3.51. The minimum Gasteiger partial charge on any atom is -0.469 e. The molecule has 29 heavy (non-hydrogen) atoms. The van der Waals surface area contributed by atoms with Gasteiger partial charge in [0.1, 0.15) is 5.78 Å². The van der Waals surface area contributed by atoms with Gasteiger partial charge >= 0.3 is 5.97 Å². The molecule has 4 aliphatic rings. The number of ether oxygens (including phenoxy) is 1. The Hall–Kier alpha value is -1.10. The molecule has 4 unspecified atom stereocenters. The van der Waals surface area contributed by atoms with E-state index in [1.807, 2.05) is 6.08 Å². The number of hydrogen-bond donors (Lipinski definition) is 0. The van der Waals surface area contributed by atoms with E-state index in [0.717, 1.165) is 50.0 Å². The minimum atomic E-state index is -0.161. The number of carbonyl (C=O) groups excluding carboxylic acids is 3. The predicted octanol–water partition coefficient (Wildman–Crippen LogP) is 4.61. The number of allylic oxidation sites excluding steroid dienone is 1. The highest BCUT2D eigenvalue weighted by Gasteiger charge is 2.60. The van der Waals surface area contributed by atoms with Crippen LogP contribution in [0.25, 0.3) is 0 Å². The van der Waals surface area contributed by atoms with Crippen molar-refractivity contribution >= 4 is 29.3 Å². The van der Waals surface area contributed by atoms with Crippen molar-refractivity contribution in [3.05, 3.63) is 11.6 Å². The van der Waals surface area contributed by atoms with Crippen molar-refractivity contribution in [1.82, 2.24) is 0 Å². The van der Waals surface area contributed by atoms with Gasteiger partial charge in [0.05, 0.1) is 13.5 Å². The first kappa shape index (κ1) is 21.1. The van der Waals surface area contributed by atoms with Crippen LogP contribution in [0.15, 0.2) is 11.6 Å². The summed E-state index contributed by atoms with van der Waals surface area (Å²) >= 11 is 1.80. The third-order valence-corrected chi connectivity index (χ3v) is 9.96. The number of rotatable bonds is 5. The number of hydrogen-bond acceptors (Lipinski definition) is 5. The van der Waals surface area contributed by atoms with Crippen LogP contribution in [0.5, 0.6) is 0 Å². The normalized spacial score (nSPS) is 41.3. The quantitative estimate of drug-likeness (QED) is 0.482. The first-order chi connectivity index (χ1) is 13.8. The van der Waals surface area contributed by atoms with Gasteiger partial charge in [-0.05, 0) is 73.0 Å². The van der Waals surface area contributed by atoms with Crippen molar-refractivity contribution in [1.29, 1.82) is 0 Å².